The fourth-order valence-electron chi connectivity index (χ4n) is 2.55. The first-order chi connectivity index (χ1) is 8.81. The second-order valence-electron chi connectivity index (χ2n) is 4.83. The molecule has 1 N–H and O–H groups in total. The van der Waals surface area contributed by atoms with Crippen molar-refractivity contribution in [1.29, 1.82) is 0 Å². The molecule has 4 nitrogen and oxygen atoms in total. The predicted molar refractivity (Wildman–Crippen MR) is 71.2 cm³/mol. The lowest BCUT2D eigenvalue weighted by atomic mass is 10.0. The third-order valence-electron chi connectivity index (χ3n) is 3.49. The number of aromatic nitrogens is 1. The molecular weight excluding hydrogens is 226 g/mol. The van der Waals surface area contributed by atoms with Crippen LogP contribution >= 0.6 is 0 Å². The van der Waals surface area contributed by atoms with Crippen molar-refractivity contribution in [3.8, 4) is 0 Å². The number of nitrogens with one attached hydrogen (secondary N) is 1. The first-order valence-corrected chi connectivity index (χ1v) is 6.64. The number of likely N-dealkylation sites (tertiary alicyclic amines) is 1. The number of hydrogen-bond acceptors (Lipinski definition) is 3. The van der Waals surface area contributed by atoms with Gasteiger partial charge in [-0.05, 0) is 44.0 Å². The van der Waals surface area contributed by atoms with Crippen LogP contribution in [0.4, 0.5) is 0 Å². The van der Waals surface area contributed by atoms with Gasteiger partial charge in [0.25, 0.3) is 0 Å². The van der Waals surface area contributed by atoms with Crippen molar-refractivity contribution in [1.82, 2.24) is 15.2 Å². The molecule has 1 aliphatic rings. The third-order valence-corrected chi connectivity index (χ3v) is 3.49. The van der Waals surface area contributed by atoms with E-state index in [0.29, 0.717) is 12.5 Å². The normalized spacial score (nSPS) is 19.8. The van der Waals surface area contributed by atoms with Crippen LogP contribution in [0.3, 0.4) is 0 Å². The molecule has 1 fully saturated rings. The van der Waals surface area contributed by atoms with Gasteiger partial charge in [-0.1, -0.05) is 0 Å². The molecule has 0 radical (unpaired) electrons. The number of piperidine rings is 1. The molecular formula is C14H21N3O. The molecule has 1 unspecified atom stereocenters. The first kappa shape index (κ1) is 13.0. The van der Waals surface area contributed by atoms with Crippen molar-refractivity contribution in [2.45, 2.75) is 31.7 Å². The minimum Gasteiger partial charge on any atom is -0.338 e. The van der Waals surface area contributed by atoms with E-state index in [-0.39, 0.29) is 5.91 Å². The van der Waals surface area contributed by atoms with E-state index in [1.165, 1.54) is 6.42 Å². The molecule has 0 aromatic carbocycles. The van der Waals surface area contributed by atoms with Gasteiger partial charge in [0.2, 0.25) is 5.91 Å². The number of amides is 1. The van der Waals surface area contributed by atoms with Gasteiger partial charge >= 0.3 is 0 Å². The highest BCUT2D eigenvalue weighted by Gasteiger charge is 2.25. The summed E-state index contributed by atoms with van der Waals surface area (Å²) in [5.41, 5.74) is 1.05. The summed E-state index contributed by atoms with van der Waals surface area (Å²) in [6.07, 6.45) is 7.44. The van der Waals surface area contributed by atoms with E-state index >= 15 is 0 Å². The Morgan fingerprint density at radius 3 is 2.94 bits per heavy atom. The van der Waals surface area contributed by atoms with E-state index in [1.54, 1.807) is 12.4 Å². The maximum Gasteiger partial charge on any atom is 0.227 e. The van der Waals surface area contributed by atoms with E-state index in [0.717, 1.165) is 31.5 Å². The van der Waals surface area contributed by atoms with Crippen LogP contribution in [-0.2, 0) is 11.2 Å². The van der Waals surface area contributed by atoms with Crippen LogP contribution in [0.5, 0.6) is 0 Å². The molecule has 2 heterocycles. The highest BCUT2D eigenvalue weighted by atomic mass is 16.2. The number of rotatable bonds is 4. The number of likely N-dealkylation sites (N-methyl/N-ethyl adjacent to an activating group) is 1. The summed E-state index contributed by atoms with van der Waals surface area (Å²) >= 11 is 0. The number of pyridine rings is 1. The van der Waals surface area contributed by atoms with Crippen LogP contribution in [0.25, 0.3) is 0 Å². The topological polar surface area (TPSA) is 45.2 Å². The highest BCUT2D eigenvalue weighted by Crippen LogP contribution is 2.17. The molecule has 0 aliphatic carbocycles. The molecule has 4 heteroatoms. The monoisotopic (exact) mass is 247 g/mol. The van der Waals surface area contributed by atoms with Crippen LogP contribution in [0.15, 0.2) is 24.5 Å². The molecule has 0 saturated carbocycles. The predicted octanol–water partition coefficient (Wildman–Crippen LogP) is 1.22. The minimum absolute atomic E-state index is 0.237. The summed E-state index contributed by atoms with van der Waals surface area (Å²) < 4.78 is 0. The summed E-state index contributed by atoms with van der Waals surface area (Å²) in [6.45, 7) is 1.79. The molecule has 98 valence electrons. The SMILES string of the molecule is CNCC1CCCCN1C(=O)Cc1ccncc1. The Morgan fingerprint density at radius 1 is 1.44 bits per heavy atom. The highest BCUT2D eigenvalue weighted by molar-refractivity contribution is 5.79. The van der Waals surface area contributed by atoms with Gasteiger partial charge in [-0.15, -0.1) is 0 Å². The Kier molecular flexibility index (Phi) is 4.70. The maximum atomic E-state index is 12.3. The zero-order valence-corrected chi connectivity index (χ0v) is 10.9. The second kappa shape index (κ2) is 6.50. The van der Waals surface area contributed by atoms with Crippen LogP contribution in [0.2, 0.25) is 0 Å². The van der Waals surface area contributed by atoms with Gasteiger partial charge in [0.05, 0.1) is 6.42 Å². The Hall–Kier alpha value is -1.42. The number of hydrogen-bond donors (Lipinski definition) is 1. The van der Waals surface area contributed by atoms with Crippen molar-refractivity contribution in [2.75, 3.05) is 20.1 Å². The first-order valence-electron chi connectivity index (χ1n) is 6.64. The largest absolute Gasteiger partial charge is 0.338 e. The van der Waals surface area contributed by atoms with E-state index in [4.69, 9.17) is 0 Å². The van der Waals surface area contributed by atoms with Gasteiger partial charge in [0.15, 0.2) is 0 Å². The number of carbonyl (C=O) groups is 1. The molecule has 1 aromatic heterocycles. The fraction of sp³-hybridized carbons (Fsp3) is 0.571. The zero-order valence-electron chi connectivity index (χ0n) is 10.9. The Bertz CT molecular complexity index is 378. The molecule has 1 saturated heterocycles. The molecule has 0 spiro atoms. The van der Waals surface area contributed by atoms with Crippen LogP contribution < -0.4 is 5.32 Å². The van der Waals surface area contributed by atoms with Crippen LogP contribution in [-0.4, -0.2) is 42.0 Å². The molecule has 1 amide bonds. The van der Waals surface area contributed by atoms with Crippen LogP contribution in [0.1, 0.15) is 24.8 Å². The van der Waals surface area contributed by atoms with Crippen molar-refractivity contribution in [2.24, 2.45) is 0 Å². The summed E-state index contributed by atoms with van der Waals surface area (Å²) in [6, 6.07) is 4.18. The third kappa shape index (κ3) is 3.29. The summed E-state index contributed by atoms with van der Waals surface area (Å²) in [5, 5.41) is 3.18. The number of carbonyl (C=O) groups excluding carboxylic acids is 1. The van der Waals surface area contributed by atoms with Gasteiger partial charge in [0, 0.05) is 31.5 Å². The molecule has 2 rings (SSSR count). The Balaban J connectivity index is 1.98. The molecule has 18 heavy (non-hydrogen) atoms. The minimum atomic E-state index is 0.237. The van der Waals surface area contributed by atoms with Crippen molar-refractivity contribution in [3.63, 3.8) is 0 Å². The lowest BCUT2D eigenvalue weighted by molar-refractivity contribution is -0.134. The molecule has 1 aliphatic heterocycles. The molecule has 0 bridgehead atoms. The standard InChI is InChI=1S/C14H21N3O/c1-15-11-13-4-2-3-9-17(13)14(18)10-12-5-7-16-8-6-12/h5-8,13,15H,2-4,9-11H2,1H3. The smallest absolute Gasteiger partial charge is 0.227 e. The summed E-state index contributed by atoms with van der Waals surface area (Å²) in [5.74, 6) is 0.237. The molecule has 1 atom stereocenters. The number of nitrogens with zero attached hydrogens (tertiary/aromatic N) is 2. The van der Waals surface area contributed by atoms with E-state index < -0.39 is 0 Å². The lowest BCUT2D eigenvalue weighted by Crippen LogP contribution is -2.48. The van der Waals surface area contributed by atoms with Crippen molar-refractivity contribution >= 4 is 5.91 Å². The van der Waals surface area contributed by atoms with E-state index in [1.807, 2.05) is 24.1 Å². The maximum absolute atomic E-state index is 12.3. The van der Waals surface area contributed by atoms with Gasteiger partial charge in [0.1, 0.15) is 0 Å². The van der Waals surface area contributed by atoms with Crippen molar-refractivity contribution < 1.29 is 4.79 Å². The summed E-state index contributed by atoms with van der Waals surface area (Å²) in [7, 11) is 1.94. The van der Waals surface area contributed by atoms with Gasteiger partial charge in [-0.25, -0.2) is 0 Å². The van der Waals surface area contributed by atoms with E-state index in [2.05, 4.69) is 10.3 Å². The van der Waals surface area contributed by atoms with E-state index in [9.17, 15) is 4.79 Å². The zero-order chi connectivity index (χ0) is 12.8. The van der Waals surface area contributed by atoms with Crippen LogP contribution in [0, 0.1) is 0 Å². The van der Waals surface area contributed by atoms with Gasteiger partial charge in [-0.2, -0.15) is 0 Å². The second-order valence-corrected chi connectivity index (χ2v) is 4.83. The van der Waals surface area contributed by atoms with Crippen molar-refractivity contribution in [3.05, 3.63) is 30.1 Å². The Labute approximate surface area is 108 Å². The molecule has 1 aromatic rings. The average Bonchev–Trinajstić information content (AvgIpc) is 2.41. The van der Waals surface area contributed by atoms with Gasteiger partial charge < -0.3 is 10.2 Å². The fourth-order valence-corrected chi connectivity index (χ4v) is 2.55. The lowest BCUT2D eigenvalue weighted by Gasteiger charge is -2.35. The summed E-state index contributed by atoms with van der Waals surface area (Å²) in [4.78, 5) is 18.3. The quantitative estimate of drug-likeness (QED) is 0.870. The van der Waals surface area contributed by atoms with Gasteiger partial charge in [-0.3, -0.25) is 9.78 Å². The Morgan fingerprint density at radius 2 is 2.22 bits per heavy atom. The average molecular weight is 247 g/mol.